The average Bonchev–Trinajstić information content (AvgIpc) is 2.73. The molecule has 0 saturated carbocycles. The van der Waals surface area contributed by atoms with Crippen LogP contribution >= 0.6 is 12.2 Å². The highest BCUT2D eigenvalue weighted by Crippen LogP contribution is 2.20. The summed E-state index contributed by atoms with van der Waals surface area (Å²) in [6.45, 7) is 4.27. The molecule has 0 amide bonds. The van der Waals surface area contributed by atoms with E-state index >= 15 is 0 Å². The van der Waals surface area contributed by atoms with Crippen molar-refractivity contribution in [3.8, 4) is 11.8 Å². The number of hydrogen-bond acceptors (Lipinski definition) is 2. The smallest absolute Gasteiger partial charge is 0.182 e. The molecule has 0 unspecified atom stereocenters. The molecule has 1 aromatic heterocycles. The van der Waals surface area contributed by atoms with E-state index in [4.69, 9.17) is 17.5 Å². The number of rotatable bonds is 3. The Balaban J connectivity index is 2.46. The van der Waals surface area contributed by atoms with Gasteiger partial charge in [-0.3, -0.25) is 4.57 Å². The minimum Gasteiger partial charge on any atom is -0.337 e. The maximum Gasteiger partial charge on any atom is 0.182 e. The molecule has 0 atom stereocenters. The van der Waals surface area contributed by atoms with Crippen LogP contribution in [0.5, 0.6) is 0 Å². The first-order chi connectivity index (χ1) is 8.63. The van der Waals surface area contributed by atoms with Crippen molar-refractivity contribution >= 4 is 12.2 Å². The van der Waals surface area contributed by atoms with Gasteiger partial charge in [-0.1, -0.05) is 26.0 Å². The number of nitriles is 1. The van der Waals surface area contributed by atoms with Crippen LogP contribution in [-0.2, 0) is 6.42 Å². The SMILES string of the molecule is CC(C)c1c[nH]c(=S)n1-c1ccc(CC#N)cc1. The number of H-pyrrole nitrogens is 1. The first-order valence-corrected chi connectivity index (χ1v) is 6.31. The second kappa shape index (κ2) is 5.19. The Morgan fingerprint density at radius 2 is 2.00 bits per heavy atom. The van der Waals surface area contributed by atoms with Crippen molar-refractivity contribution in [2.24, 2.45) is 0 Å². The zero-order chi connectivity index (χ0) is 13.1. The largest absolute Gasteiger partial charge is 0.337 e. The number of hydrogen-bond donors (Lipinski definition) is 1. The monoisotopic (exact) mass is 257 g/mol. The van der Waals surface area contributed by atoms with Crippen LogP contribution in [0.15, 0.2) is 30.5 Å². The fourth-order valence-electron chi connectivity index (χ4n) is 1.93. The molecule has 0 radical (unpaired) electrons. The summed E-state index contributed by atoms with van der Waals surface area (Å²) in [5.74, 6) is 0.400. The van der Waals surface area contributed by atoms with Crippen molar-refractivity contribution in [1.29, 1.82) is 5.26 Å². The number of imidazole rings is 1. The van der Waals surface area contributed by atoms with Crippen molar-refractivity contribution in [2.75, 3.05) is 0 Å². The van der Waals surface area contributed by atoms with Crippen molar-refractivity contribution in [1.82, 2.24) is 9.55 Å². The lowest BCUT2D eigenvalue weighted by Gasteiger charge is -2.11. The Hall–Kier alpha value is -1.86. The van der Waals surface area contributed by atoms with Crippen molar-refractivity contribution in [3.05, 3.63) is 46.5 Å². The summed E-state index contributed by atoms with van der Waals surface area (Å²) in [4.78, 5) is 3.08. The Morgan fingerprint density at radius 1 is 1.33 bits per heavy atom. The van der Waals surface area contributed by atoms with E-state index in [9.17, 15) is 0 Å². The first kappa shape index (κ1) is 12.6. The predicted octanol–water partition coefficient (Wildman–Crippen LogP) is 3.72. The lowest BCUT2D eigenvalue weighted by atomic mass is 10.1. The summed E-state index contributed by atoms with van der Waals surface area (Å²) in [7, 11) is 0. The van der Waals surface area contributed by atoms with Gasteiger partial charge in [-0.15, -0.1) is 0 Å². The van der Waals surface area contributed by atoms with Gasteiger partial charge in [0.05, 0.1) is 12.5 Å². The summed E-state index contributed by atoms with van der Waals surface area (Å²) in [5.41, 5.74) is 3.22. The van der Waals surface area contributed by atoms with E-state index in [1.165, 1.54) is 0 Å². The summed E-state index contributed by atoms with van der Waals surface area (Å²) < 4.78 is 2.74. The highest BCUT2D eigenvalue weighted by Gasteiger charge is 2.09. The highest BCUT2D eigenvalue weighted by atomic mass is 32.1. The van der Waals surface area contributed by atoms with Gasteiger partial charge in [0.2, 0.25) is 0 Å². The van der Waals surface area contributed by atoms with E-state index in [1.54, 1.807) is 0 Å². The molecule has 0 bridgehead atoms. The number of aromatic amines is 1. The number of benzene rings is 1. The van der Waals surface area contributed by atoms with Gasteiger partial charge in [0, 0.05) is 17.6 Å². The third-order valence-electron chi connectivity index (χ3n) is 2.87. The molecule has 0 aliphatic rings. The van der Waals surface area contributed by atoms with Crippen molar-refractivity contribution in [2.45, 2.75) is 26.2 Å². The van der Waals surface area contributed by atoms with E-state index in [-0.39, 0.29) is 0 Å². The minimum atomic E-state index is 0.400. The third kappa shape index (κ3) is 2.36. The molecule has 92 valence electrons. The molecule has 3 nitrogen and oxygen atoms in total. The van der Waals surface area contributed by atoms with E-state index < -0.39 is 0 Å². The molecule has 1 aromatic carbocycles. The summed E-state index contributed by atoms with van der Waals surface area (Å²) >= 11 is 5.31. The van der Waals surface area contributed by atoms with E-state index in [0.29, 0.717) is 17.1 Å². The molecule has 18 heavy (non-hydrogen) atoms. The van der Waals surface area contributed by atoms with Gasteiger partial charge < -0.3 is 4.98 Å². The van der Waals surface area contributed by atoms with Crippen LogP contribution in [0.3, 0.4) is 0 Å². The molecule has 1 heterocycles. The summed E-state index contributed by atoms with van der Waals surface area (Å²) in [5, 5.41) is 8.66. The lowest BCUT2D eigenvalue weighted by molar-refractivity contribution is 0.783. The molecule has 0 aliphatic carbocycles. The van der Waals surface area contributed by atoms with Gasteiger partial charge in [-0.2, -0.15) is 5.26 Å². The predicted molar refractivity (Wildman–Crippen MR) is 74.4 cm³/mol. The second-order valence-corrected chi connectivity index (χ2v) is 4.90. The first-order valence-electron chi connectivity index (χ1n) is 5.90. The van der Waals surface area contributed by atoms with Gasteiger partial charge in [-0.25, -0.2) is 0 Å². The highest BCUT2D eigenvalue weighted by molar-refractivity contribution is 7.71. The van der Waals surface area contributed by atoms with Crippen LogP contribution in [0.4, 0.5) is 0 Å². The maximum absolute atomic E-state index is 8.66. The normalized spacial score (nSPS) is 10.6. The van der Waals surface area contributed by atoms with Crippen molar-refractivity contribution in [3.63, 3.8) is 0 Å². The van der Waals surface area contributed by atoms with Crippen LogP contribution in [-0.4, -0.2) is 9.55 Å². The molecule has 0 fully saturated rings. The van der Waals surface area contributed by atoms with Crippen molar-refractivity contribution < 1.29 is 0 Å². The van der Waals surface area contributed by atoms with Crippen LogP contribution < -0.4 is 0 Å². The maximum atomic E-state index is 8.66. The van der Waals surface area contributed by atoms with Crippen LogP contribution in [0.1, 0.15) is 31.0 Å². The molecule has 1 N–H and O–H groups in total. The Morgan fingerprint density at radius 3 is 2.56 bits per heavy atom. The fraction of sp³-hybridized carbons (Fsp3) is 0.286. The number of aromatic nitrogens is 2. The minimum absolute atomic E-state index is 0.400. The standard InChI is InChI=1S/C14H15N3S/c1-10(2)13-9-16-14(18)17(13)12-5-3-11(4-6-12)7-8-15/h3-6,9-10H,7H2,1-2H3,(H,16,18). The molecular formula is C14H15N3S. The third-order valence-corrected chi connectivity index (χ3v) is 3.17. The Labute approximate surface area is 112 Å². The molecule has 0 spiro atoms. The van der Waals surface area contributed by atoms with Gasteiger partial charge in [0.25, 0.3) is 0 Å². The zero-order valence-electron chi connectivity index (χ0n) is 10.5. The molecular weight excluding hydrogens is 242 g/mol. The lowest BCUT2D eigenvalue weighted by Crippen LogP contribution is -2.01. The molecule has 4 heteroatoms. The second-order valence-electron chi connectivity index (χ2n) is 4.51. The van der Waals surface area contributed by atoms with Crippen LogP contribution in [0.2, 0.25) is 0 Å². The Kier molecular flexibility index (Phi) is 3.63. The van der Waals surface area contributed by atoms with E-state index in [2.05, 4.69) is 24.9 Å². The number of nitrogens with one attached hydrogen (secondary N) is 1. The average molecular weight is 257 g/mol. The fourth-order valence-corrected chi connectivity index (χ4v) is 2.20. The summed E-state index contributed by atoms with van der Waals surface area (Å²) in [6.07, 6.45) is 2.39. The van der Waals surface area contributed by atoms with Gasteiger partial charge >= 0.3 is 0 Å². The topological polar surface area (TPSA) is 44.5 Å². The van der Waals surface area contributed by atoms with Gasteiger partial charge in [-0.05, 0) is 35.8 Å². The van der Waals surface area contributed by atoms with Crippen LogP contribution in [0.25, 0.3) is 5.69 Å². The van der Waals surface area contributed by atoms with E-state index in [0.717, 1.165) is 16.9 Å². The quantitative estimate of drug-likeness (QED) is 0.852. The zero-order valence-corrected chi connectivity index (χ0v) is 11.3. The molecule has 2 aromatic rings. The molecule has 0 saturated heterocycles. The Bertz CT molecular complexity index is 626. The summed E-state index contributed by atoms with van der Waals surface area (Å²) in [6, 6.07) is 10.1. The van der Waals surface area contributed by atoms with Crippen LogP contribution in [0, 0.1) is 16.1 Å². The molecule has 0 aliphatic heterocycles. The van der Waals surface area contributed by atoms with Gasteiger partial charge in [0.15, 0.2) is 4.77 Å². The number of nitrogens with zero attached hydrogens (tertiary/aromatic N) is 2. The van der Waals surface area contributed by atoms with Gasteiger partial charge in [0.1, 0.15) is 0 Å². The van der Waals surface area contributed by atoms with E-state index in [1.807, 2.05) is 35.0 Å². The molecule has 2 rings (SSSR count).